The van der Waals surface area contributed by atoms with E-state index < -0.39 is 10.0 Å². The molecule has 24 heavy (non-hydrogen) atoms. The van der Waals surface area contributed by atoms with E-state index in [-0.39, 0.29) is 5.92 Å². The predicted octanol–water partition coefficient (Wildman–Crippen LogP) is 3.41. The molecule has 1 saturated heterocycles. The minimum absolute atomic E-state index is 0.254. The fraction of sp³-hybridized carbons (Fsp3) is 0.211. The first-order valence-electron chi connectivity index (χ1n) is 8.05. The average Bonchev–Trinajstić information content (AvgIpc) is 3.13. The predicted molar refractivity (Wildman–Crippen MR) is 94.3 cm³/mol. The van der Waals surface area contributed by atoms with E-state index in [1.807, 2.05) is 36.4 Å². The fourth-order valence-corrected chi connectivity index (χ4v) is 5.03. The van der Waals surface area contributed by atoms with Gasteiger partial charge in [0.1, 0.15) is 4.90 Å². The molecule has 0 amide bonds. The molecule has 0 saturated carbocycles. The minimum atomic E-state index is -3.54. The third-order valence-electron chi connectivity index (χ3n) is 4.64. The molecule has 1 fully saturated rings. The summed E-state index contributed by atoms with van der Waals surface area (Å²) >= 11 is 0. The molecule has 4 nitrogen and oxygen atoms in total. The van der Waals surface area contributed by atoms with E-state index in [0.29, 0.717) is 23.5 Å². The van der Waals surface area contributed by atoms with Crippen molar-refractivity contribution in [2.45, 2.75) is 17.2 Å². The summed E-state index contributed by atoms with van der Waals surface area (Å²) in [4.78, 5) is 4.59. The summed E-state index contributed by atoms with van der Waals surface area (Å²) in [6.45, 7) is 1.07. The summed E-state index contributed by atoms with van der Waals surface area (Å²) in [6, 6.07) is 19.1. The quantitative estimate of drug-likeness (QED) is 0.735. The maximum absolute atomic E-state index is 13.1. The SMILES string of the molecule is O=S(=O)(c1cccc2cccnc12)N1CCC(c2ccccc2)C1. The normalized spacial score (nSPS) is 18.9. The first kappa shape index (κ1) is 15.3. The van der Waals surface area contributed by atoms with E-state index >= 15 is 0 Å². The van der Waals surface area contributed by atoms with Crippen LogP contribution in [0.25, 0.3) is 10.9 Å². The van der Waals surface area contributed by atoms with Crippen molar-refractivity contribution in [3.63, 3.8) is 0 Å². The molecule has 1 atom stereocenters. The highest BCUT2D eigenvalue weighted by atomic mass is 32.2. The second-order valence-electron chi connectivity index (χ2n) is 6.09. The summed E-state index contributed by atoms with van der Waals surface area (Å²) in [7, 11) is -3.54. The smallest absolute Gasteiger partial charge is 0.245 e. The molecule has 0 aliphatic carbocycles. The van der Waals surface area contributed by atoms with Crippen LogP contribution in [-0.4, -0.2) is 30.8 Å². The number of benzene rings is 2. The molecule has 2 aromatic carbocycles. The standard InChI is InChI=1S/C19H18N2O2S/c22-24(23,18-10-4-8-16-9-5-12-20-19(16)18)21-13-11-17(14-21)15-6-2-1-3-7-15/h1-10,12,17H,11,13-14H2. The molecule has 1 aliphatic rings. The van der Waals surface area contributed by atoms with Gasteiger partial charge in [-0.25, -0.2) is 8.42 Å². The third-order valence-corrected chi connectivity index (χ3v) is 6.53. The van der Waals surface area contributed by atoms with Crippen LogP contribution in [0.5, 0.6) is 0 Å². The monoisotopic (exact) mass is 338 g/mol. The molecule has 1 aliphatic heterocycles. The molecule has 0 spiro atoms. The van der Waals surface area contributed by atoms with E-state index in [1.165, 1.54) is 5.56 Å². The zero-order valence-corrected chi connectivity index (χ0v) is 14.0. The van der Waals surface area contributed by atoms with E-state index in [9.17, 15) is 8.42 Å². The van der Waals surface area contributed by atoms with Gasteiger partial charge in [0, 0.05) is 24.7 Å². The summed E-state index contributed by atoms with van der Waals surface area (Å²) in [6.07, 6.45) is 2.49. The number of pyridine rings is 1. The lowest BCUT2D eigenvalue weighted by Crippen LogP contribution is -2.29. The Balaban J connectivity index is 1.68. The average molecular weight is 338 g/mol. The van der Waals surface area contributed by atoms with Crippen LogP contribution in [0, 0.1) is 0 Å². The van der Waals surface area contributed by atoms with Crippen LogP contribution < -0.4 is 0 Å². The van der Waals surface area contributed by atoms with Crippen LogP contribution in [0.1, 0.15) is 17.9 Å². The van der Waals surface area contributed by atoms with Crippen molar-refractivity contribution in [2.75, 3.05) is 13.1 Å². The second-order valence-corrected chi connectivity index (χ2v) is 8.00. The van der Waals surface area contributed by atoms with Crippen LogP contribution in [-0.2, 0) is 10.0 Å². The second kappa shape index (κ2) is 6.00. The first-order valence-corrected chi connectivity index (χ1v) is 9.49. The number of rotatable bonds is 3. The summed E-state index contributed by atoms with van der Waals surface area (Å²) in [5.74, 6) is 0.254. The van der Waals surface area contributed by atoms with Crippen molar-refractivity contribution in [1.29, 1.82) is 0 Å². The van der Waals surface area contributed by atoms with E-state index in [4.69, 9.17) is 0 Å². The summed E-state index contributed by atoms with van der Waals surface area (Å²) in [5.41, 5.74) is 1.74. The molecule has 1 aromatic heterocycles. The number of nitrogens with zero attached hydrogens (tertiary/aromatic N) is 2. The highest BCUT2D eigenvalue weighted by Crippen LogP contribution is 2.32. The maximum Gasteiger partial charge on any atom is 0.245 e. The molecular formula is C19H18N2O2S. The van der Waals surface area contributed by atoms with Gasteiger partial charge in [0.25, 0.3) is 0 Å². The lowest BCUT2D eigenvalue weighted by molar-refractivity contribution is 0.473. The van der Waals surface area contributed by atoms with Gasteiger partial charge >= 0.3 is 0 Å². The summed E-state index contributed by atoms with van der Waals surface area (Å²) < 4.78 is 27.8. The van der Waals surface area contributed by atoms with E-state index in [2.05, 4.69) is 17.1 Å². The Morgan fingerprint density at radius 2 is 1.75 bits per heavy atom. The highest BCUT2D eigenvalue weighted by molar-refractivity contribution is 7.89. The Kier molecular flexibility index (Phi) is 3.82. The van der Waals surface area contributed by atoms with Crippen molar-refractivity contribution >= 4 is 20.9 Å². The fourth-order valence-electron chi connectivity index (χ4n) is 3.37. The Morgan fingerprint density at radius 3 is 2.58 bits per heavy atom. The van der Waals surface area contributed by atoms with Gasteiger partial charge in [-0.15, -0.1) is 0 Å². The van der Waals surface area contributed by atoms with Crippen molar-refractivity contribution in [1.82, 2.24) is 9.29 Å². The van der Waals surface area contributed by atoms with Crippen molar-refractivity contribution in [2.24, 2.45) is 0 Å². The summed E-state index contributed by atoms with van der Waals surface area (Å²) in [5, 5.41) is 0.845. The van der Waals surface area contributed by atoms with Crippen LogP contribution in [0.15, 0.2) is 71.8 Å². The number of sulfonamides is 1. The Labute approximate surface area is 141 Å². The van der Waals surface area contributed by atoms with Gasteiger partial charge in [-0.1, -0.05) is 48.5 Å². The van der Waals surface area contributed by atoms with Gasteiger partial charge in [0.2, 0.25) is 10.0 Å². The van der Waals surface area contributed by atoms with Gasteiger partial charge in [0.05, 0.1) is 5.52 Å². The van der Waals surface area contributed by atoms with Gasteiger partial charge < -0.3 is 0 Å². The molecule has 1 unspecified atom stereocenters. The lowest BCUT2D eigenvalue weighted by Gasteiger charge is -2.17. The Bertz CT molecular complexity index is 966. The number of aromatic nitrogens is 1. The number of hydrogen-bond acceptors (Lipinski definition) is 3. The molecule has 0 radical (unpaired) electrons. The van der Waals surface area contributed by atoms with Crippen molar-refractivity contribution in [3.8, 4) is 0 Å². The van der Waals surface area contributed by atoms with Crippen molar-refractivity contribution in [3.05, 3.63) is 72.4 Å². The largest absolute Gasteiger partial charge is 0.255 e. The molecule has 2 heterocycles. The van der Waals surface area contributed by atoms with Gasteiger partial charge in [-0.3, -0.25) is 4.98 Å². The zero-order valence-electron chi connectivity index (χ0n) is 13.2. The topological polar surface area (TPSA) is 50.3 Å². The van der Waals surface area contributed by atoms with Crippen LogP contribution >= 0.6 is 0 Å². The lowest BCUT2D eigenvalue weighted by atomic mass is 9.99. The molecule has 122 valence electrons. The van der Waals surface area contributed by atoms with Gasteiger partial charge in [0.15, 0.2) is 0 Å². The Hall–Kier alpha value is -2.24. The highest BCUT2D eigenvalue weighted by Gasteiger charge is 2.34. The molecular weight excluding hydrogens is 320 g/mol. The minimum Gasteiger partial charge on any atom is -0.255 e. The molecule has 5 heteroatoms. The van der Waals surface area contributed by atoms with Crippen LogP contribution in [0.4, 0.5) is 0 Å². The number of hydrogen-bond donors (Lipinski definition) is 0. The molecule has 0 N–H and O–H groups in total. The molecule has 0 bridgehead atoms. The van der Waals surface area contributed by atoms with E-state index in [1.54, 1.807) is 22.6 Å². The zero-order chi connectivity index (χ0) is 16.6. The van der Waals surface area contributed by atoms with Gasteiger partial charge in [-0.05, 0) is 30.0 Å². The van der Waals surface area contributed by atoms with Crippen molar-refractivity contribution < 1.29 is 8.42 Å². The van der Waals surface area contributed by atoms with Crippen LogP contribution in [0.3, 0.4) is 0 Å². The Morgan fingerprint density at radius 1 is 0.958 bits per heavy atom. The van der Waals surface area contributed by atoms with E-state index in [0.717, 1.165) is 11.8 Å². The van der Waals surface area contributed by atoms with Gasteiger partial charge in [-0.2, -0.15) is 4.31 Å². The molecule has 4 rings (SSSR count). The third kappa shape index (κ3) is 2.60. The molecule has 3 aromatic rings. The maximum atomic E-state index is 13.1. The number of para-hydroxylation sites is 1. The van der Waals surface area contributed by atoms with Crippen LogP contribution in [0.2, 0.25) is 0 Å². The first-order chi connectivity index (χ1) is 11.7. The number of fused-ring (bicyclic) bond motifs is 1.